The standard InChI is InChI=1S/C5H9NO2.C5H11NO2.3C2H5NO2/c7-5(8)4-2-1-3-6-4;1-3(2)4(6)5(7)8;3*3-1-2(4)5/h4,6H,1-3H2,(H,7,8);3-4H,6H2,1-2H3,(H,7,8);3*1,3H2,(H,4,5)/t2*4-;;;/m00.../s1. The highest BCUT2D eigenvalue weighted by molar-refractivity contribution is 5.74. The molecule has 14 N–H and O–H groups in total. The van der Waals surface area contributed by atoms with Gasteiger partial charge in [0.25, 0.3) is 0 Å². The van der Waals surface area contributed by atoms with E-state index in [4.69, 9.17) is 31.3 Å². The summed E-state index contributed by atoms with van der Waals surface area (Å²) in [7, 11) is 0. The molecule has 1 heterocycles. The summed E-state index contributed by atoms with van der Waals surface area (Å²) in [5, 5.41) is 42.2. The first-order valence-corrected chi connectivity index (χ1v) is 8.87. The second-order valence-electron chi connectivity index (χ2n) is 5.89. The SMILES string of the molecule is CC(C)[C@H](N)C(=O)O.NCC(=O)O.NCC(=O)O.NCC(=O)O.O=C(O)[C@@H]1CCCN1. The second kappa shape index (κ2) is 23.4. The predicted molar refractivity (Wildman–Crippen MR) is 109 cm³/mol. The first-order valence-electron chi connectivity index (χ1n) is 8.87. The van der Waals surface area contributed by atoms with E-state index in [0.717, 1.165) is 19.4 Å². The third kappa shape index (κ3) is 35.0. The van der Waals surface area contributed by atoms with Crippen molar-refractivity contribution in [3.8, 4) is 0 Å². The van der Waals surface area contributed by atoms with Crippen molar-refractivity contribution in [2.45, 2.75) is 38.8 Å². The molecule has 0 aromatic rings. The molecule has 1 aliphatic rings. The number of aliphatic carboxylic acids is 5. The molecular formula is C16H35N5O10. The van der Waals surface area contributed by atoms with Crippen molar-refractivity contribution >= 4 is 29.8 Å². The van der Waals surface area contributed by atoms with Gasteiger partial charge in [-0.25, -0.2) is 0 Å². The van der Waals surface area contributed by atoms with Crippen LogP contribution in [-0.4, -0.2) is 93.6 Å². The average molecular weight is 457 g/mol. The van der Waals surface area contributed by atoms with Crippen LogP contribution in [0, 0.1) is 5.92 Å². The summed E-state index contributed by atoms with van der Waals surface area (Å²) in [5.74, 6) is -4.53. The van der Waals surface area contributed by atoms with E-state index in [-0.39, 0.29) is 31.6 Å². The third-order valence-electron chi connectivity index (χ3n) is 2.89. The number of rotatable bonds is 6. The molecule has 0 unspecified atom stereocenters. The van der Waals surface area contributed by atoms with Gasteiger partial charge in [0.05, 0.1) is 19.6 Å². The molecule has 0 radical (unpaired) electrons. The van der Waals surface area contributed by atoms with Crippen molar-refractivity contribution < 1.29 is 49.5 Å². The molecule has 1 fully saturated rings. The zero-order valence-corrected chi connectivity index (χ0v) is 17.6. The fourth-order valence-electron chi connectivity index (χ4n) is 1.18. The summed E-state index contributed by atoms with van der Waals surface area (Å²) in [6.07, 6.45) is 1.78. The molecule has 0 aromatic carbocycles. The first kappa shape index (κ1) is 35.6. The Morgan fingerprint density at radius 1 is 0.839 bits per heavy atom. The fraction of sp³-hybridized carbons (Fsp3) is 0.688. The number of nitrogens with one attached hydrogen (secondary N) is 1. The molecule has 0 aliphatic carbocycles. The second-order valence-corrected chi connectivity index (χ2v) is 5.89. The number of hydrogen-bond acceptors (Lipinski definition) is 10. The molecule has 0 bridgehead atoms. The van der Waals surface area contributed by atoms with Gasteiger partial charge in [0, 0.05) is 0 Å². The highest BCUT2D eigenvalue weighted by atomic mass is 16.4. The minimum atomic E-state index is -0.968. The van der Waals surface area contributed by atoms with E-state index in [2.05, 4.69) is 22.5 Å². The molecule has 0 saturated carbocycles. The van der Waals surface area contributed by atoms with Crippen molar-refractivity contribution in [2.24, 2.45) is 28.9 Å². The van der Waals surface area contributed by atoms with Gasteiger partial charge in [-0.3, -0.25) is 24.0 Å². The maximum Gasteiger partial charge on any atom is 0.320 e. The van der Waals surface area contributed by atoms with Crippen LogP contribution in [0.1, 0.15) is 26.7 Å². The number of carboxylic acid groups (broad SMARTS) is 5. The van der Waals surface area contributed by atoms with Gasteiger partial charge in [0.15, 0.2) is 0 Å². The quantitative estimate of drug-likeness (QED) is 0.189. The van der Waals surface area contributed by atoms with Crippen molar-refractivity contribution in [1.82, 2.24) is 5.32 Å². The molecule has 0 aromatic heterocycles. The van der Waals surface area contributed by atoms with Gasteiger partial charge in [-0.15, -0.1) is 0 Å². The molecule has 15 nitrogen and oxygen atoms in total. The van der Waals surface area contributed by atoms with E-state index in [1.807, 2.05) is 0 Å². The monoisotopic (exact) mass is 457 g/mol. The van der Waals surface area contributed by atoms with Crippen molar-refractivity contribution in [1.29, 1.82) is 0 Å². The first-order chi connectivity index (χ1) is 14.2. The van der Waals surface area contributed by atoms with Crippen LogP contribution in [0.4, 0.5) is 0 Å². The van der Waals surface area contributed by atoms with E-state index >= 15 is 0 Å². The van der Waals surface area contributed by atoms with Crippen LogP contribution in [0.5, 0.6) is 0 Å². The maximum atomic E-state index is 10.1. The number of hydrogen-bond donors (Lipinski definition) is 10. The van der Waals surface area contributed by atoms with Gasteiger partial charge in [-0.05, 0) is 25.3 Å². The Labute approximate surface area is 179 Å². The summed E-state index contributed by atoms with van der Waals surface area (Å²) in [4.78, 5) is 47.9. The lowest BCUT2D eigenvalue weighted by molar-refractivity contribution is -0.140. The summed E-state index contributed by atoms with van der Waals surface area (Å²) in [6, 6.07) is -0.981. The van der Waals surface area contributed by atoms with E-state index in [0.29, 0.717) is 0 Å². The molecule has 2 atom stereocenters. The zero-order valence-electron chi connectivity index (χ0n) is 17.6. The fourth-order valence-corrected chi connectivity index (χ4v) is 1.18. The number of carboxylic acids is 5. The molecule has 1 saturated heterocycles. The van der Waals surface area contributed by atoms with Gasteiger partial charge < -0.3 is 53.8 Å². The lowest BCUT2D eigenvalue weighted by Crippen LogP contribution is -2.34. The van der Waals surface area contributed by atoms with Crippen LogP contribution in [0.25, 0.3) is 0 Å². The van der Waals surface area contributed by atoms with Crippen LogP contribution in [0.15, 0.2) is 0 Å². The van der Waals surface area contributed by atoms with Crippen LogP contribution in [-0.2, 0) is 24.0 Å². The van der Waals surface area contributed by atoms with Crippen LogP contribution in [0.3, 0.4) is 0 Å². The molecule has 31 heavy (non-hydrogen) atoms. The van der Waals surface area contributed by atoms with Gasteiger partial charge >= 0.3 is 29.8 Å². The maximum absolute atomic E-state index is 10.1. The molecule has 184 valence electrons. The van der Waals surface area contributed by atoms with Gasteiger partial charge in [-0.2, -0.15) is 0 Å². The Hall–Kier alpha value is -2.85. The lowest BCUT2D eigenvalue weighted by Gasteiger charge is -2.07. The molecule has 0 spiro atoms. The minimum absolute atomic E-state index is 0.0208. The Bertz CT molecular complexity index is 480. The van der Waals surface area contributed by atoms with Gasteiger partial charge in [0.1, 0.15) is 12.1 Å². The molecule has 15 heteroatoms. The Kier molecular flexibility index (Phi) is 26.9. The summed E-state index contributed by atoms with van der Waals surface area (Å²) in [6.45, 7) is 3.58. The van der Waals surface area contributed by atoms with Gasteiger partial charge in [-0.1, -0.05) is 13.8 Å². The third-order valence-corrected chi connectivity index (χ3v) is 2.89. The molecule has 1 rings (SSSR count). The van der Waals surface area contributed by atoms with Crippen molar-refractivity contribution in [3.63, 3.8) is 0 Å². The lowest BCUT2D eigenvalue weighted by atomic mass is 10.1. The minimum Gasteiger partial charge on any atom is -0.480 e. The number of carbonyl (C=O) groups is 5. The van der Waals surface area contributed by atoms with Gasteiger partial charge in [0.2, 0.25) is 0 Å². The average Bonchev–Trinajstić information content (AvgIpc) is 3.24. The van der Waals surface area contributed by atoms with E-state index in [1.54, 1.807) is 13.8 Å². The van der Waals surface area contributed by atoms with E-state index in [9.17, 15) is 24.0 Å². The summed E-state index contributed by atoms with van der Waals surface area (Å²) >= 11 is 0. The van der Waals surface area contributed by atoms with Crippen LogP contribution < -0.4 is 28.3 Å². The van der Waals surface area contributed by atoms with E-state index < -0.39 is 35.9 Å². The smallest absolute Gasteiger partial charge is 0.320 e. The van der Waals surface area contributed by atoms with E-state index in [1.165, 1.54) is 0 Å². The highest BCUT2D eigenvalue weighted by Gasteiger charge is 2.20. The number of nitrogens with two attached hydrogens (primary N) is 4. The van der Waals surface area contributed by atoms with Crippen LogP contribution >= 0.6 is 0 Å². The largest absolute Gasteiger partial charge is 0.480 e. The highest BCUT2D eigenvalue weighted by Crippen LogP contribution is 2.03. The summed E-state index contributed by atoms with van der Waals surface area (Å²) < 4.78 is 0. The Morgan fingerprint density at radius 2 is 1.16 bits per heavy atom. The normalized spacial score (nSPS) is 14.5. The topological polar surface area (TPSA) is 303 Å². The van der Waals surface area contributed by atoms with Crippen LogP contribution in [0.2, 0.25) is 0 Å². The molecule has 0 amide bonds. The van der Waals surface area contributed by atoms with Crippen molar-refractivity contribution in [3.05, 3.63) is 0 Å². The Balaban J connectivity index is -0.000000150. The van der Waals surface area contributed by atoms with Crippen molar-refractivity contribution in [2.75, 3.05) is 26.2 Å². The Morgan fingerprint density at radius 3 is 1.23 bits per heavy atom. The molecular weight excluding hydrogens is 422 g/mol. The summed E-state index contributed by atoms with van der Waals surface area (Å²) in [5.41, 5.74) is 18.9. The zero-order chi connectivity index (χ0) is 25.6. The molecule has 1 aliphatic heterocycles. The predicted octanol–water partition coefficient (Wildman–Crippen LogP) is -3.03.